The maximum absolute atomic E-state index is 10.2. The van der Waals surface area contributed by atoms with E-state index in [2.05, 4.69) is 10.3 Å². The zero-order chi connectivity index (χ0) is 9.52. The smallest absolute Gasteiger partial charge is 0.120 e. The van der Waals surface area contributed by atoms with Gasteiger partial charge in [-0.1, -0.05) is 6.07 Å². The van der Waals surface area contributed by atoms with Crippen LogP contribution in [0.15, 0.2) is 24.5 Å². The number of aromatic nitrogens is 1. The van der Waals surface area contributed by atoms with Crippen LogP contribution < -0.4 is 5.32 Å². The monoisotopic (exact) mass is 178 g/mol. The van der Waals surface area contributed by atoms with Crippen LogP contribution >= 0.6 is 0 Å². The first-order chi connectivity index (χ1) is 6.38. The summed E-state index contributed by atoms with van der Waals surface area (Å²) in [6.45, 7) is 0. The average molecular weight is 178 g/mol. The van der Waals surface area contributed by atoms with Gasteiger partial charge in [0.1, 0.15) is 6.29 Å². The Bertz CT molecular complexity index is 248. The van der Waals surface area contributed by atoms with E-state index in [4.69, 9.17) is 0 Å². The molecular formula is C10H14N2O. The number of carbonyl (C=O) groups excluding carboxylic acids is 1. The largest absolute Gasteiger partial charge is 0.313 e. The summed E-state index contributed by atoms with van der Waals surface area (Å²) in [5.74, 6) is 0. The van der Waals surface area contributed by atoms with E-state index in [-0.39, 0.29) is 6.04 Å². The van der Waals surface area contributed by atoms with Gasteiger partial charge >= 0.3 is 0 Å². The summed E-state index contributed by atoms with van der Waals surface area (Å²) >= 11 is 0. The molecule has 0 fully saturated rings. The standard InChI is InChI=1S/C10H14N2O/c1-11-10(5-3-7-13)9-4-2-6-12-8-9/h2,4,6-8,10-11H,3,5H2,1H3/t10-/m0/s1. The van der Waals surface area contributed by atoms with Gasteiger partial charge in [-0.15, -0.1) is 0 Å². The predicted molar refractivity (Wildman–Crippen MR) is 51.3 cm³/mol. The molecule has 0 saturated carbocycles. The minimum absolute atomic E-state index is 0.235. The molecule has 0 bridgehead atoms. The Labute approximate surface area is 78.2 Å². The second kappa shape index (κ2) is 5.43. The quantitative estimate of drug-likeness (QED) is 0.691. The molecule has 0 spiro atoms. The van der Waals surface area contributed by atoms with Crippen LogP contribution in [0.5, 0.6) is 0 Å². The Morgan fingerprint density at radius 1 is 1.69 bits per heavy atom. The molecule has 1 atom stereocenters. The highest BCUT2D eigenvalue weighted by molar-refractivity contribution is 5.49. The summed E-state index contributed by atoms with van der Waals surface area (Å²) in [5, 5.41) is 3.15. The average Bonchev–Trinajstić information content (AvgIpc) is 2.21. The zero-order valence-corrected chi connectivity index (χ0v) is 7.73. The van der Waals surface area contributed by atoms with Gasteiger partial charge in [0.15, 0.2) is 0 Å². The summed E-state index contributed by atoms with van der Waals surface area (Å²) < 4.78 is 0. The molecule has 0 unspecified atom stereocenters. The molecule has 13 heavy (non-hydrogen) atoms. The van der Waals surface area contributed by atoms with Gasteiger partial charge in [0.25, 0.3) is 0 Å². The molecule has 1 aromatic heterocycles. The van der Waals surface area contributed by atoms with E-state index >= 15 is 0 Å². The van der Waals surface area contributed by atoms with E-state index in [0.29, 0.717) is 6.42 Å². The fourth-order valence-electron chi connectivity index (χ4n) is 1.29. The first-order valence-electron chi connectivity index (χ1n) is 4.39. The van der Waals surface area contributed by atoms with Crippen molar-refractivity contribution in [3.05, 3.63) is 30.1 Å². The van der Waals surface area contributed by atoms with Crippen molar-refractivity contribution in [2.75, 3.05) is 7.05 Å². The second-order valence-electron chi connectivity index (χ2n) is 2.87. The predicted octanol–water partition coefficient (Wildman–Crippen LogP) is 1.32. The van der Waals surface area contributed by atoms with Crippen molar-refractivity contribution >= 4 is 6.29 Å². The topological polar surface area (TPSA) is 42.0 Å². The number of carbonyl (C=O) groups is 1. The number of pyridine rings is 1. The maximum atomic E-state index is 10.2. The molecule has 0 aliphatic heterocycles. The maximum Gasteiger partial charge on any atom is 0.120 e. The van der Waals surface area contributed by atoms with Crippen molar-refractivity contribution in [3.8, 4) is 0 Å². The number of aldehydes is 1. The Balaban J connectivity index is 2.61. The van der Waals surface area contributed by atoms with Crippen LogP contribution in [-0.2, 0) is 4.79 Å². The third-order valence-corrected chi connectivity index (χ3v) is 2.01. The van der Waals surface area contributed by atoms with Gasteiger partial charge in [-0.2, -0.15) is 0 Å². The Morgan fingerprint density at radius 3 is 3.08 bits per heavy atom. The van der Waals surface area contributed by atoms with Crippen LogP contribution in [-0.4, -0.2) is 18.3 Å². The minimum atomic E-state index is 0.235. The molecule has 1 heterocycles. The number of nitrogens with one attached hydrogen (secondary N) is 1. The van der Waals surface area contributed by atoms with Crippen molar-refractivity contribution in [3.63, 3.8) is 0 Å². The summed E-state index contributed by atoms with van der Waals surface area (Å²) in [4.78, 5) is 14.2. The number of hydrogen-bond acceptors (Lipinski definition) is 3. The molecule has 0 aliphatic rings. The van der Waals surface area contributed by atoms with Crippen molar-refractivity contribution < 1.29 is 4.79 Å². The highest BCUT2D eigenvalue weighted by Gasteiger charge is 2.07. The SMILES string of the molecule is CN[C@@H](CCC=O)c1cccnc1. The lowest BCUT2D eigenvalue weighted by Gasteiger charge is -2.14. The molecule has 1 rings (SSSR count). The lowest BCUT2D eigenvalue weighted by atomic mass is 10.0. The molecule has 0 aliphatic carbocycles. The second-order valence-corrected chi connectivity index (χ2v) is 2.87. The van der Waals surface area contributed by atoms with E-state index in [1.54, 1.807) is 6.20 Å². The molecule has 0 radical (unpaired) electrons. The Hall–Kier alpha value is -1.22. The van der Waals surface area contributed by atoms with Crippen molar-refractivity contribution in [1.29, 1.82) is 0 Å². The molecule has 1 aromatic rings. The van der Waals surface area contributed by atoms with Gasteiger partial charge in [0, 0.05) is 24.9 Å². The van der Waals surface area contributed by atoms with Crippen LogP contribution in [0.25, 0.3) is 0 Å². The van der Waals surface area contributed by atoms with Gasteiger partial charge in [-0.05, 0) is 25.1 Å². The molecule has 70 valence electrons. The highest BCUT2D eigenvalue weighted by atomic mass is 16.1. The molecule has 0 saturated heterocycles. The van der Waals surface area contributed by atoms with Gasteiger partial charge in [-0.3, -0.25) is 4.98 Å². The first-order valence-corrected chi connectivity index (χ1v) is 4.39. The van der Waals surface area contributed by atoms with Crippen LogP contribution in [0.4, 0.5) is 0 Å². The zero-order valence-electron chi connectivity index (χ0n) is 7.73. The number of hydrogen-bond donors (Lipinski definition) is 1. The lowest BCUT2D eigenvalue weighted by Crippen LogP contribution is -2.16. The third kappa shape index (κ3) is 2.95. The minimum Gasteiger partial charge on any atom is -0.313 e. The fourth-order valence-corrected chi connectivity index (χ4v) is 1.29. The van der Waals surface area contributed by atoms with Crippen LogP contribution in [0, 0.1) is 0 Å². The molecule has 0 aromatic carbocycles. The summed E-state index contributed by atoms with van der Waals surface area (Å²) in [6, 6.07) is 4.15. The highest BCUT2D eigenvalue weighted by Crippen LogP contribution is 2.15. The molecule has 1 N–H and O–H groups in total. The molecular weight excluding hydrogens is 164 g/mol. The molecule has 3 heteroatoms. The van der Waals surface area contributed by atoms with Crippen molar-refractivity contribution in [1.82, 2.24) is 10.3 Å². The van der Waals surface area contributed by atoms with Crippen molar-refractivity contribution in [2.24, 2.45) is 0 Å². The van der Waals surface area contributed by atoms with Crippen LogP contribution in [0.3, 0.4) is 0 Å². The third-order valence-electron chi connectivity index (χ3n) is 2.01. The van der Waals surface area contributed by atoms with E-state index in [0.717, 1.165) is 18.3 Å². The Morgan fingerprint density at radius 2 is 2.54 bits per heavy atom. The molecule has 3 nitrogen and oxygen atoms in total. The van der Waals surface area contributed by atoms with E-state index in [1.165, 1.54) is 0 Å². The summed E-state index contributed by atoms with van der Waals surface area (Å²) in [6.07, 6.45) is 5.93. The van der Waals surface area contributed by atoms with E-state index in [1.807, 2.05) is 25.4 Å². The Kier molecular flexibility index (Phi) is 4.12. The fraction of sp³-hybridized carbons (Fsp3) is 0.400. The van der Waals surface area contributed by atoms with Crippen LogP contribution in [0.2, 0.25) is 0 Å². The summed E-state index contributed by atoms with van der Waals surface area (Å²) in [7, 11) is 1.89. The van der Waals surface area contributed by atoms with Crippen LogP contribution in [0.1, 0.15) is 24.4 Å². The van der Waals surface area contributed by atoms with Gasteiger partial charge in [-0.25, -0.2) is 0 Å². The summed E-state index contributed by atoms with van der Waals surface area (Å²) in [5.41, 5.74) is 1.13. The van der Waals surface area contributed by atoms with Gasteiger partial charge < -0.3 is 10.1 Å². The molecule has 0 amide bonds. The van der Waals surface area contributed by atoms with Gasteiger partial charge in [0.2, 0.25) is 0 Å². The van der Waals surface area contributed by atoms with E-state index < -0.39 is 0 Å². The number of rotatable bonds is 5. The first kappa shape index (κ1) is 9.86. The van der Waals surface area contributed by atoms with Crippen molar-refractivity contribution in [2.45, 2.75) is 18.9 Å². The van der Waals surface area contributed by atoms with Gasteiger partial charge in [0.05, 0.1) is 0 Å². The number of nitrogens with zero attached hydrogens (tertiary/aromatic N) is 1. The normalized spacial score (nSPS) is 12.4. The van der Waals surface area contributed by atoms with E-state index in [9.17, 15) is 4.79 Å². The lowest BCUT2D eigenvalue weighted by molar-refractivity contribution is -0.108.